The summed E-state index contributed by atoms with van der Waals surface area (Å²) in [5, 5.41) is 3.68. The van der Waals surface area contributed by atoms with Crippen LogP contribution < -0.4 is 19.5 Å². The van der Waals surface area contributed by atoms with Gasteiger partial charge < -0.3 is 19.5 Å². The highest BCUT2D eigenvalue weighted by Crippen LogP contribution is 2.31. The molecule has 0 fully saturated rings. The Morgan fingerprint density at radius 1 is 0.906 bits per heavy atom. The molecule has 0 aliphatic rings. The highest BCUT2D eigenvalue weighted by atomic mass is 35.5. The molecule has 0 bridgehead atoms. The molecule has 32 heavy (non-hydrogen) atoms. The van der Waals surface area contributed by atoms with E-state index in [1.807, 2.05) is 69.3 Å². The van der Waals surface area contributed by atoms with Crippen LogP contribution in [0.4, 0.5) is 0 Å². The average Bonchev–Trinajstić information content (AvgIpc) is 2.80. The number of halogens is 1. The number of rotatable bonds is 10. The zero-order valence-electron chi connectivity index (χ0n) is 18.6. The molecule has 3 rings (SSSR count). The Morgan fingerprint density at radius 3 is 2.41 bits per heavy atom. The monoisotopic (exact) mass is 453 g/mol. The average molecular weight is 454 g/mol. The van der Waals surface area contributed by atoms with Gasteiger partial charge in [-0.25, -0.2) is 0 Å². The van der Waals surface area contributed by atoms with Gasteiger partial charge in [0.25, 0.3) is 5.91 Å². The molecule has 3 aromatic rings. The molecule has 1 N–H and O–H groups in total. The van der Waals surface area contributed by atoms with Crippen LogP contribution in [0.1, 0.15) is 48.3 Å². The first-order valence-electron chi connectivity index (χ1n) is 10.7. The van der Waals surface area contributed by atoms with E-state index in [0.29, 0.717) is 47.7 Å². The number of ether oxygens (including phenoxy) is 3. The van der Waals surface area contributed by atoms with Crippen LogP contribution >= 0.6 is 11.6 Å². The summed E-state index contributed by atoms with van der Waals surface area (Å²) in [5.41, 5.74) is 2.33. The Morgan fingerprint density at radius 2 is 1.66 bits per heavy atom. The van der Waals surface area contributed by atoms with E-state index in [1.165, 1.54) is 0 Å². The van der Waals surface area contributed by atoms with Crippen molar-refractivity contribution >= 4 is 17.5 Å². The number of hydrogen-bond acceptors (Lipinski definition) is 4. The molecule has 168 valence electrons. The fourth-order valence-corrected chi connectivity index (χ4v) is 3.39. The van der Waals surface area contributed by atoms with Crippen LogP contribution in [-0.2, 0) is 6.61 Å². The van der Waals surface area contributed by atoms with Gasteiger partial charge in [-0.2, -0.15) is 0 Å². The molecule has 0 aliphatic carbocycles. The van der Waals surface area contributed by atoms with E-state index in [-0.39, 0.29) is 11.9 Å². The van der Waals surface area contributed by atoms with E-state index in [2.05, 4.69) is 5.32 Å². The van der Waals surface area contributed by atoms with E-state index >= 15 is 0 Å². The van der Waals surface area contributed by atoms with Crippen molar-refractivity contribution in [1.82, 2.24) is 5.32 Å². The van der Waals surface area contributed by atoms with Crippen molar-refractivity contribution in [3.63, 3.8) is 0 Å². The molecule has 1 unspecified atom stereocenters. The van der Waals surface area contributed by atoms with Crippen LogP contribution in [-0.4, -0.2) is 19.1 Å². The smallest absolute Gasteiger partial charge is 0.251 e. The van der Waals surface area contributed by atoms with Crippen molar-refractivity contribution in [2.45, 2.75) is 33.4 Å². The van der Waals surface area contributed by atoms with Crippen molar-refractivity contribution in [2.75, 3.05) is 13.2 Å². The van der Waals surface area contributed by atoms with Crippen LogP contribution in [0.3, 0.4) is 0 Å². The van der Waals surface area contributed by atoms with Crippen LogP contribution in [0.5, 0.6) is 17.2 Å². The number of amides is 1. The third kappa shape index (κ3) is 6.17. The SMILES string of the molecule is CCOc1ccc(C(C)NC(=O)c2cccc(OCc3ccccc3Cl)c2)cc1OCC. The predicted molar refractivity (Wildman–Crippen MR) is 127 cm³/mol. The summed E-state index contributed by atoms with van der Waals surface area (Å²) in [6.07, 6.45) is 0. The molecule has 0 saturated heterocycles. The summed E-state index contributed by atoms with van der Waals surface area (Å²) in [5.74, 6) is 1.78. The second-order valence-corrected chi connectivity index (χ2v) is 7.58. The van der Waals surface area contributed by atoms with E-state index in [1.54, 1.807) is 18.2 Å². The summed E-state index contributed by atoms with van der Waals surface area (Å²) in [6.45, 7) is 7.20. The van der Waals surface area contributed by atoms with E-state index < -0.39 is 0 Å². The first-order valence-corrected chi connectivity index (χ1v) is 11.1. The zero-order chi connectivity index (χ0) is 22.9. The van der Waals surface area contributed by atoms with E-state index in [4.69, 9.17) is 25.8 Å². The number of benzene rings is 3. The molecule has 0 heterocycles. The van der Waals surface area contributed by atoms with Crippen molar-refractivity contribution in [3.05, 3.63) is 88.4 Å². The van der Waals surface area contributed by atoms with Gasteiger partial charge in [0, 0.05) is 16.1 Å². The maximum atomic E-state index is 12.8. The topological polar surface area (TPSA) is 56.8 Å². The first-order chi connectivity index (χ1) is 15.5. The lowest BCUT2D eigenvalue weighted by atomic mass is 10.1. The number of nitrogens with one attached hydrogen (secondary N) is 1. The third-order valence-electron chi connectivity index (χ3n) is 4.86. The van der Waals surface area contributed by atoms with Crippen LogP contribution in [0.25, 0.3) is 0 Å². The Bertz CT molecular complexity index is 1050. The molecular weight excluding hydrogens is 426 g/mol. The van der Waals surface area contributed by atoms with Gasteiger partial charge in [0.05, 0.1) is 19.3 Å². The Balaban J connectivity index is 1.67. The van der Waals surface area contributed by atoms with Crippen LogP contribution in [0.2, 0.25) is 5.02 Å². The molecule has 0 radical (unpaired) electrons. The first kappa shape index (κ1) is 23.5. The minimum absolute atomic E-state index is 0.187. The number of hydrogen-bond donors (Lipinski definition) is 1. The molecule has 0 aliphatic heterocycles. The standard InChI is InChI=1S/C26H28ClNO4/c1-4-30-24-14-13-19(16-25(24)31-5-2)18(3)28-26(29)20-10-8-11-22(15-20)32-17-21-9-6-7-12-23(21)27/h6-16,18H,4-5,17H2,1-3H3,(H,28,29). The third-order valence-corrected chi connectivity index (χ3v) is 5.23. The van der Waals surface area contributed by atoms with Crippen molar-refractivity contribution < 1.29 is 19.0 Å². The lowest BCUT2D eigenvalue weighted by Crippen LogP contribution is -2.26. The van der Waals surface area contributed by atoms with E-state index in [9.17, 15) is 4.79 Å². The summed E-state index contributed by atoms with van der Waals surface area (Å²) in [6, 6.07) is 20.1. The second kappa shape index (κ2) is 11.4. The molecule has 1 amide bonds. The molecule has 6 heteroatoms. The molecule has 3 aromatic carbocycles. The van der Waals surface area contributed by atoms with Crippen LogP contribution in [0, 0.1) is 0 Å². The maximum Gasteiger partial charge on any atom is 0.251 e. The van der Waals surface area contributed by atoms with Crippen molar-refractivity contribution in [2.24, 2.45) is 0 Å². The predicted octanol–water partition coefficient (Wildman–Crippen LogP) is 6.21. The Hall–Kier alpha value is -3.18. The highest BCUT2D eigenvalue weighted by molar-refractivity contribution is 6.31. The second-order valence-electron chi connectivity index (χ2n) is 7.18. The summed E-state index contributed by atoms with van der Waals surface area (Å²) >= 11 is 6.18. The summed E-state index contributed by atoms with van der Waals surface area (Å²) in [7, 11) is 0. The lowest BCUT2D eigenvalue weighted by molar-refractivity contribution is 0.0939. The van der Waals surface area contributed by atoms with Gasteiger partial charge in [0.15, 0.2) is 11.5 Å². The minimum atomic E-state index is -0.218. The molecule has 0 spiro atoms. The zero-order valence-corrected chi connectivity index (χ0v) is 19.3. The fraction of sp³-hybridized carbons (Fsp3) is 0.269. The lowest BCUT2D eigenvalue weighted by Gasteiger charge is -2.18. The minimum Gasteiger partial charge on any atom is -0.490 e. The Kier molecular flexibility index (Phi) is 8.40. The quantitative estimate of drug-likeness (QED) is 0.396. The van der Waals surface area contributed by atoms with Gasteiger partial charge in [0.1, 0.15) is 12.4 Å². The molecule has 1 atom stereocenters. The number of carbonyl (C=O) groups is 1. The fourth-order valence-electron chi connectivity index (χ4n) is 3.20. The normalized spacial score (nSPS) is 11.5. The largest absolute Gasteiger partial charge is 0.490 e. The van der Waals surface area contributed by atoms with Gasteiger partial charge in [-0.15, -0.1) is 0 Å². The van der Waals surface area contributed by atoms with E-state index in [0.717, 1.165) is 11.1 Å². The number of carbonyl (C=O) groups excluding carboxylic acids is 1. The van der Waals surface area contributed by atoms with Gasteiger partial charge >= 0.3 is 0 Å². The molecule has 0 saturated carbocycles. The Labute approximate surface area is 194 Å². The maximum absolute atomic E-state index is 12.8. The van der Waals surface area contributed by atoms with Crippen molar-refractivity contribution in [3.8, 4) is 17.2 Å². The molecule has 0 aromatic heterocycles. The highest BCUT2D eigenvalue weighted by Gasteiger charge is 2.15. The van der Waals surface area contributed by atoms with Gasteiger partial charge in [-0.05, 0) is 62.7 Å². The van der Waals surface area contributed by atoms with Crippen molar-refractivity contribution in [1.29, 1.82) is 0 Å². The van der Waals surface area contributed by atoms with Gasteiger partial charge in [0.2, 0.25) is 0 Å². The summed E-state index contributed by atoms with van der Waals surface area (Å²) in [4.78, 5) is 12.8. The van der Waals surface area contributed by atoms with Gasteiger partial charge in [-0.1, -0.05) is 41.9 Å². The molecule has 5 nitrogen and oxygen atoms in total. The summed E-state index contributed by atoms with van der Waals surface area (Å²) < 4.78 is 17.1. The molecular formula is C26H28ClNO4. The van der Waals surface area contributed by atoms with Gasteiger partial charge in [-0.3, -0.25) is 4.79 Å². The van der Waals surface area contributed by atoms with Crippen LogP contribution in [0.15, 0.2) is 66.7 Å².